The SMILES string of the molecule is COCCNCc1ccc(Sc2nc(C)c(C)o2)c(Br)c1. The Kier molecular flexibility index (Phi) is 6.29. The van der Waals surface area contributed by atoms with E-state index in [2.05, 4.69) is 44.4 Å². The molecular formula is C15H19BrN2O2S. The molecule has 114 valence electrons. The number of halogens is 1. The van der Waals surface area contributed by atoms with E-state index in [9.17, 15) is 0 Å². The first-order chi connectivity index (χ1) is 10.1. The normalized spacial score (nSPS) is 11.0. The number of hydrogen-bond donors (Lipinski definition) is 1. The molecule has 0 saturated heterocycles. The van der Waals surface area contributed by atoms with Crippen LogP contribution in [0.2, 0.25) is 0 Å². The van der Waals surface area contributed by atoms with Gasteiger partial charge in [-0.2, -0.15) is 0 Å². The fraction of sp³-hybridized carbons (Fsp3) is 0.400. The van der Waals surface area contributed by atoms with Crippen molar-refractivity contribution in [2.45, 2.75) is 30.5 Å². The van der Waals surface area contributed by atoms with Crippen molar-refractivity contribution in [2.75, 3.05) is 20.3 Å². The third-order valence-electron chi connectivity index (χ3n) is 3.01. The van der Waals surface area contributed by atoms with Crippen molar-refractivity contribution in [1.29, 1.82) is 0 Å². The van der Waals surface area contributed by atoms with E-state index in [0.29, 0.717) is 5.22 Å². The van der Waals surface area contributed by atoms with Crippen LogP contribution in [-0.4, -0.2) is 25.2 Å². The van der Waals surface area contributed by atoms with Crippen molar-refractivity contribution in [2.24, 2.45) is 0 Å². The highest BCUT2D eigenvalue weighted by Crippen LogP contribution is 2.34. The molecule has 0 spiro atoms. The summed E-state index contributed by atoms with van der Waals surface area (Å²) < 4.78 is 11.7. The van der Waals surface area contributed by atoms with Crippen molar-refractivity contribution in [3.8, 4) is 0 Å². The molecule has 2 rings (SSSR count). The molecule has 21 heavy (non-hydrogen) atoms. The van der Waals surface area contributed by atoms with Crippen molar-refractivity contribution in [3.05, 3.63) is 39.7 Å². The zero-order chi connectivity index (χ0) is 15.2. The molecule has 0 amide bonds. The van der Waals surface area contributed by atoms with E-state index in [1.54, 1.807) is 7.11 Å². The van der Waals surface area contributed by atoms with E-state index in [4.69, 9.17) is 9.15 Å². The lowest BCUT2D eigenvalue weighted by atomic mass is 10.2. The molecule has 0 aliphatic heterocycles. The Balaban J connectivity index is 1.98. The molecule has 0 bridgehead atoms. The van der Waals surface area contributed by atoms with Crippen LogP contribution in [0.3, 0.4) is 0 Å². The molecule has 0 radical (unpaired) electrons. The van der Waals surface area contributed by atoms with Crippen molar-refractivity contribution in [3.63, 3.8) is 0 Å². The van der Waals surface area contributed by atoms with Gasteiger partial charge in [-0.3, -0.25) is 0 Å². The predicted molar refractivity (Wildman–Crippen MR) is 87.8 cm³/mol. The summed E-state index contributed by atoms with van der Waals surface area (Å²) in [5.74, 6) is 0.868. The second-order valence-corrected chi connectivity index (χ2v) is 6.51. The van der Waals surface area contributed by atoms with Crippen LogP contribution in [-0.2, 0) is 11.3 Å². The molecule has 1 aromatic heterocycles. The Bertz CT molecular complexity index is 582. The van der Waals surface area contributed by atoms with E-state index in [0.717, 1.165) is 40.5 Å². The Morgan fingerprint density at radius 2 is 2.19 bits per heavy atom. The van der Waals surface area contributed by atoms with Gasteiger partial charge in [0.05, 0.1) is 12.3 Å². The first-order valence-electron chi connectivity index (χ1n) is 6.70. The van der Waals surface area contributed by atoms with E-state index in [1.165, 1.54) is 17.3 Å². The number of nitrogens with zero attached hydrogens (tertiary/aromatic N) is 1. The zero-order valence-electron chi connectivity index (χ0n) is 12.4. The molecule has 6 heteroatoms. The highest BCUT2D eigenvalue weighted by Gasteiger charge is 2.10. The lowest BCUT2D eigenvalue weighted by Crippen LogP contribution is -2.18. The summed E-state index contributed by atoms with van der Waals surface area (Å²) in [7, 11) is 1.70. The van der Waals surface area contributed by atoms with Gasteiger partial charge in [0.1, 0.15) is 5.76 Å². The number of nitrogens with one attached hydrogen (secondary N) is 1. The summed E-state index contributed by atoms with van der Waals surface area (Å²) in [5.41, 5.74) is 2.16. The number of hydrogen-bond acceptors (Lipinski definition) is 5. The van der Waals surface area contributed by atoms with Gasteiger partial charge in [-0.25, -0.2) is 4.98 Å². The van der Waals surface area contributed by atoms with Gasteiger partial charge in [0.15, 0.2) is 0 Å². The molecule has 0 saturated carbocycles. The van der Waals surface area contributed by atoms with Crippen LogP contribution in [0.15, 0.2) is 37.2 Å². The molecule has 0 aliphatic rings. The third kappa shape index (κ3) is 4.85. The summed E-state index contributed by atoms with van der Waals surface area (Å²) in [4.78, 5) is 5.48. The number of ether oxygens (including phenoxy) is 1. The maximum Gasteiger partial charge on any atom is 0.261 e. The minimum Gasteiger partial charge on any atom is -0.436 e. The Morgan fingerprint density at radius 1 is 1.38 bits per heavy atom. The lowest BCUT2D eigenvalue weighted by molar-refractivity contribution is 0.199. The number of aromatic nitrogens is 1. The third-order valence-corrected chi connectivity index (χ3v) is 4.86. The van der Waals surface area contributed by atoms with Crippen molar-refractivity contribution >= 4 is 27.7 Å². The fourth-order valence-corrected chi connectivity index (χ4v) is 3.22. The summed E-state index contributed by atoms with van der Waals surface area (Å²) >= 11 is 5.13. The van der Waals surface area contributed by atoms with Crippen LogP contribution in [0.4, 0.5) is 0 Å². The maximum atomic E-state index is 5.60. The number of rotatable bonds is 7. The first kappa shape index (κ1) is 16.5. The number of benzene rings is 1. The van der Waals surface area contributed by atoms with E-state index in [-0.39, 0.29) is 0 Å². The fourth-order valence-electron chi connectivity index (χ4n) is 1.73. The average molecular weight is 371 g/mol. The predicted octanol–water partition coefficient (Wildman–Crippen LogP) is 3.94. The van der Waals surface area contributed by atoms with Gasteiger partial charge < -0.3 is 14.5 Å². The summed E-state index contributed by atoms with van der Waals surface area (Å²) in [6, 6.07) is 6.30. The molecule has 0 fully saturated rings. The average Bonchev–Trinajstić information content (AvgIpc) is 2.76. The summed E-state index contributed by atoms with van der Waals surface area (Å²) in [5, 5.41) is 4.00. The topological polar surface area (TPSA) is 47.3 Å². The van der Waals surface area contributed by atoms with Crippen LogP contribution in [0.5, 0.6) is 0 Å². The standard InChI is InChI=1S/C15H19BrN2O2S/c1-10-11(2)20-15(18-10)21-14-5-4-12(8-13(14)16)9-17-6-7-19-3/h4-5,8,17H,6-7,9H2,1-3H3. The highest BCUT2D eigenvalue weighted by molar-refractivity contribution is 9.10. The van der Waals surface area contributed by atoms with Gasteiger partial charge in [0.2, 0.25) is 0 Å². The number of methoxy groups -OCH3 is 1. The molecular weight excluding hydrogens is 352 g/mol. The van der Waals surface area contributed by atoms with E-state index < -0.39 is 0 Å². The summed E-state index contributed by atoms with van der Waals surface area (Å²) in [6.45, 7) is 6.27. The number of aryl methyl sites for hydroxylation is 2. The Morgan fingerprint density at radius 3 is 2.81 bits per heavy atom. The smallest absolute Gasteiger partial charge is 0.261 e. The quantitative estimate of drug-likeness (QED) is 0.747. The second kappa shape index (κ2) is 7.98. The summed E-state index contributed by atoms with van der Waals surface area (Å²) in [6.07, 6.45) is 0. The van der Waals surface area contributed by atoms with Crippen molar-refractivity contribution < 1.29 is 9.15 Å². The minimum absolute atomic E-state index is 0.677. The largest absolute Gasteiger partial charge is 0.436 e. The molecule has 0 aliphatic carbocycles. The monoisotopic (exact) mass is 370 g/mol. The molecule has 2 aromatic rings. The van der Waals surface area contributed by atoms with E-state index >= 15 is 0 Å². The van der Waals surface area contributed by atoms with Gasteiger partial charge in [-0.1, -0.05) is 6.07 Å². The minimum atomic E-state index is 0.677. The molecule has 0 unspecified atom stereocenters. The highest BCUT2D eigenvalue weighted by atomic mass is 79.9. The van der Waals surface area contributed by atoms with Crippen LogP contribution in [0, 0.1) is 13.8 Å². The van der Waals surface area contributed by atoms with Gasteiger partial charge in [-0.05, 0) is 59.2 Å². The zero-order valence-corrected chi connectivity index (χ0v) is 14.8. The Hall–Kier alpha value is -0.820. The van der Waals surface area contributed by atoms with Crippen LogP contribution in [0.25, 0.3) is 0 Å². The van der Waals surface area contributed by atoms with Gasteiger partial charge >= 0.3 is 0 Å². The number of oxazole rings is 1. The maximum absolute atomic E-state index is 5.60. The van der Waals surface area contributed by atoms with Crippen molar-refractivity contribution in [1.82, 2.24) is 10.3 Å². The Labute approximate surface area is 137 Å². The van der Waals surface area contributed by atoms with Crippen LogP contribution in [0.1, 0.15) is 17.0 Å². The van der Waals surface area contributed by atoms with Crippen LogP contribution < -0.4 is 5.32 Å². The molecule has 4 nitrogen and oxygen atoms in total. The second-order valence-electron chi connectivity index (χ2n) is 4.66. The molecule has 1 heterocycles. The lowest BCUT2D eigenvalue weighted by Gasteiger charge is -2.07. The van der Waals surface area contributed by atoms with Gasteiger partial charge in [-0.15, -0.1) is 0 Å². The first-order valence-corrected chi connectivity index (χ1v) is 8.31. The van der Waals surface area contributed by atoms with Crippen LogP contribution >= 0.6 is 27.7 Å². The molecule has 0 atom stereocenters. The molecule has 1 N–H and O–H groups in total. The molecule has 1 aromatic carbocycles. The van der Waals surface area contributed by atoms with Gasteiger partial charge in [0, 0.05) is 29.6 Å². The van der Waals surface area contributed by atoms with E-state index in [1.807, 2.05) is 13.8 Å². The van der Waals surface area contributed by atoms with Gasteiger partial charge in [0.25, 0.3) is 5.22 Å².